The highest BCUT2D eigenvalue weighted by atomic mass is 28.3. The highest BCUT2D eigenvalue weighted by molar-refractivity contribution is 7.03. The highest BCUT2D eigenvalue weighted by Crippen LogP contribution is 2.38. The lowest BCUT2D eigenvalue weighted by Crippen LogP contribution is -2.51. The third kappa shape index (κ3) is 3.54. The van der Waals surface area contributed by atoms with Gasteiger partial charge in [0.05, 0.1) is 5.69 Å². The van der Waals surface area contributed by atoms with Crippen molar-refractivity contribution in [1.82, 2.24) is 9.97 Å². The van der Waals surface area contributed by atoms with Crippen molar-refractivity contribution in [2.75, 3.05) is 0 Å². The van der Waals surface area contributed by atoms with Gasteiger partial charge in [-0.1, -0.05) is 128 Å². The minimum atomic E-state index is -2.04. The number of rotatable bonds is 3. The fraction of sp³-hybridized carbons (Fsp3) is 0.0588. The van der Waals surface area contributed by atoms with Gasteiger partial charge >= 0.3 is 0 Å². The number of hydrogen-bond acceptors (Lipinski definition) is 2. The molecule has 2 heterocycles. The van der Waals surface area contributed by atoms with E-state index in [-0.39, 0.29) is 0 Å². The van der Waals surface area contributed by atoms with Gasteiger partial charge in [-0.15, -0.1) is 0 Å². The summed E-state index contributed by atoms with van der Waals surface area (Å²) in [5.41, 5.74) is 8.14. The average molecular weight is 491 g/mol. The van der Waals surface area contributed by atoms with E-state index in [0.29, 0.717) is 0 Å². The van der Waals surface area contributed by atoms with Gasteiger partial charge in [-0.25, -0.2) is 9.97 Å². The Balaban J connectivity index is 1.49. The van der Waals surface area contributed by atoms with Crippen molar-refractivity contribution in [2.24, 2.45) is 0 Å². The van der Waals surface area contributed by atoms with Crippen molar-refractivity contribution < 1.29 is 0 Å². The van der Waals surface area contributed by atoms with Crippen molar-refractivity contribution in [3.05, 3.63) is 121 Å². The van der Waals surface area contributed by atoms with E-state index in [1.165, 1.54) is 43.5 Å². The predicted molar refractivity (Wildman–Crippen MR) is 158 cm³/mol. The second-order valence-corrected chi connectivity index (χ2v) is 14.6. The molecule has 0 unspecified atom stereocenters. The first-order valence-corrected chi connectivity index (χ1v) is 15.8. The van der Waals surface area contributed by atoms with Crippen molar-refractivity contribution in [3.63, 3.8) is 0 Å². The largest absolute Gasteiger partial charge is 0.237 e. The fourth-order valence-electron chi connectivity index (χ4n) is 5.64. The molecule has 0 fully saturated rings. The molecule has 0 saturated heterocycles. The summed E-state index contributed by atoms with van der Waals surface area (Å²) in [7, 11) is -2.04. The molecule has 37 heavy (non-hydrogen) atoms. The lowest BCUT2D eigenvalue weighted by molar-refractivity contribution is 1.21. The lowest BCUT2D eigenvalue weighted by atomic mass is 9.96. The van der Waals surface area contributed by atoms with Crippen LogP contribution in [-0.4, -0.2) is 18.0 Å². The van der Waals surface area contributed by atoms with E-state index < -0.39 is 8.07 Å². The standard InChI is InChI=1S/C34H26N2Si/c1-37(2)30-22-28-16-10-9-15-27(28)21-29(30)31-32(35-33(36-34(31)37)26-13-7-4-8-14-26)25-19-17-24(18-20-25)23-11-5-3-6-12-23/h3-22H,1-2H3. The summed E-state index contributed by atoms with van der Waals surface area (Å²) < 4.78 is 0. The second kappa shape index (κ2) is 8.36. The molecule has 0 saturated carbocycles. The van der Waals surface area contributed by atoms with Crippen molar-refractivity contribution in [2.45, 2.75) is 13.1 Å². The molecule has 0 bridgehead atoms. The average Bonchev–Trinajstić information content (AvgIpc) is 3.18. The zero-order valence-corrected chi connectivity index (χ0v) is 21.9. The van der Waals surface area contributed by atoms with E-state index in [2.05, 4.69) is 128 Å². The van der Waals surface area contributed by atoms with Crippen LogP contribution in [0.1, 0.15) is 0 Å². The number of benzene rings is 5. The summed E-state index contributed by atoms with van der Waals surface area (Å²) in [6, 6.07) is 43.2. The molecule has 0 radical (unpaired) electrons. The Morgan fingerprint density at radius 1 is 0.514 bits per heavy atom. The maximum atomic E-state index is 5.28. The Hall–Kier alpha value is -4.34. The molecule has 1 aliphatic heterocycles. The van der Waals surface area contributed by atoms with Gasteiger partial charge in [-0.05, 0) is 38.7 Å². The fourth-order valence-corrected chi connectivity index (χ4v) is 8.54. The summed E-state index contributed by atoms with van der Waals surface area (Å²) in [5.74, 6) is 0.805. The predicted octanol–water partition coefficient (Wildman–Crippen LogP) is 7.43. The second-order valence-electron chi connectivity index (χ2n) is 10.3. The van der Waals surface area contributed by atoms with Crippen LogP contribution in [0, 0.1) is 0 Å². The van der Waals surface area contributed by atoms with E-state index >= 15 is 0 Å². The molecule has 0 amide bonds. The minimum absolute atomic E-state index is 0.805. The Labute approximate surface area is 218 Å². The summed E-state index contributed by atoms with van der Waals surface area (Å²) in [6.45, 7) is 4.85. The third-order valence-electron chi connectivity index (χ3n) is 7.63. The molecule has 1 aliphatic rings. The molecule has 0 aliphatic carbocycles. The van der Waals surface area contributed by atoms with Gasteiger partial charge in [0.15, 0.2) is 5.82 Å². The van der Waals surface area contributed by atoms with Crippen molar-refractivity contribution in [1.29, 1.82) is 0 Å². The van der Waals surface area contributed by atoms with Gasteiger partial charge in [-0.2, -0.15) is 0 Å². The van der Waals surface area contributed by atoms with Crippen LogP contribution in [0.4, 0.5) is 0 Å². The van der Waals surface area contributed by atoms with Gasteiger partial charge in [0.25, 0.3) is 0 Å². The van der Waals surface area contributed by atoms with E-state index in [9.17, 15) is 0 Å². The maximum Gasteiger partial charge on any atom is 0.159 e. The zero-order chi connectivity index (χ0) is 25.0. The first-order valence-electron chi connectivity index (χ1n) is 12.8. The molecule has 5 aromatic carbocycles. The van der Waals surface area contributed by atoms with Crippen LogP contribution >= 0.6 is 0 Å². The Kier molecular flexibility index (Phi) is 4.95. The Morgan fingerprint density at radius 2 is 1.05 bits per heavy atom. The monoisotopic (exact) mass is 490 g/mol. The van der Waals surface area contributed by atoms with E-state index in [4.69, 9.17) is 9.97 Å². The van der Waals surface area contributed by atoms with E-state index in [1.807, 2.05) is 6.07 Å². The summed E-state index contributed by atoms with van der Waals surface area (Å²) in [5, 5.41) is 5.23. The summed E-state index contributed by atoms with van der Waals surface area (Å²) in [6.07, 6.45) is 0. The molecule has 0 atom stereocenters. The van der Waals surface area contributed by atoms with Crippen LogP contribution in [0.2, 0.25) is 13.1 Å². The first kappa shape index (κ1) is 21.9. The van der Waals surface area contributed by atoms with Crippen molar-refractivity contribution >= 4 is 29.4 Å². The van der Waals surface area contributed by atoms with Crippen LogP contribution in [0.25, 0.3) is 55.7 Å². The molecular weight excluding hydrogens is 464 g/mol. The molecule has 0 N–H and O–H groups in total. The topological polar surface area (TPSA) is 25.8 Å². The molecule has 6 aromatic rings. The van der Waals surface area contributed by atoms with Crippen molar-refractivity contribution in [3.8, 4) is 44.9 Å². The number of fused-ring (bicyclic) bond motifs is 4. The molecule has 2 nitrogen and oxygen atoms in total. The molecule has 176 valence electrons. The van der Waals surface area contributed by atoms with Crippen LogP contribution in [0.5, 0.6) is 0 Å². The van der Waals surface area contributed by atoms with Gasteiger partial charge in [-0.3, -0.25) is 0 Å². The number of aromatic nitrogens is 2. The summed E-state index contributed by atoms with van der Waals surface area (Å²) in [4.78, 5) is 10.5. The quantitative estimate of drug-likeness (QED) is 0.241. The first-order chi connectivity index (χ1) is 18.1. The van der Waals surface area contributed by atoms with E-state index in [0.717, 1.165) is 22.6 Å². The minimum Gasteiger partial charge on any atom is -0.237 e. The summed E-state index contributed by atoms with van der Waals surface area (Å²) >= 11 is 0. The molecule has 1 aromatic heterocycles. The molecular formula is C34H26N2Si. The van der Waals surface area contributed by atoms with Gasteiger partial charge < -0.3 is 0 Å². The molecule has 7 rings (SSSR count). The Morgan fingerprint density at radius 3 is 1.73 bits per heavy atom. The number of hydrogen-bond donors (Lipinski definition) is 0. The Bertz CT molecular complexity index is 1770. The van der Waals surface area contributed by atoms with Crippen LogP contribution in [-0.2, 0) is 0 Å². The van der Waals surface area contributed by atoms with Crippen LogP contribution in [0.3, 0.4) is 0 Å². The molecule has 3 heteroatoms. The lowest BCUT2D eigenvalue weighted by Gasteiger charge is -2.19. The zero-order valence-electron chi connectivity index (χ0n) is 20.9. The third-order valence-corrected chi connectivity index (χ3v) is 10.9. The SMILES string of the molecule is C[Si]1(C)c2cc3ccccc3cc2-c2c(-c3ccc(-c4ccccc4)cc3)nc(-c3ccccc3)nc21. The van der Waals surface area contributed by atoms with Crippen LogP contribution < -0.4 is 10.5 Å². The van der Waals surface area contributed by atoms with Crippen LogP contribution in [0.15, 0.2) is 121 Å². The maximum absolute atomic E-state index is 5.28. The normalized spacial score (nSPS) is 13.4. The number of nitrogens with zero attached hydrogens (tertiary/aromatic N) is 2. The van der Waals surface area contributed by atoms with Gasteiger partial charge in [0, 0.05) is 22.0 Å². The molecule has 0 spiro atoms. The van der Waals surface area contributed by atoms with Gasteiger partial charge in [0.1, 0.15) is 8.07 Å². The van der Waals surface area contributed by atoms with E-state index in [1.54, 1.807) is 0 Å². The van der Waals surface area contributed by atoms with Gasteiger partial charge in [0.2, 0.25) is 0 Å². The smallest absolute Gasteiger partial charge is 0.159 e. The highest BCUT2D eigenvalue weighted by Gasteiger charge is 2.41.